The Morgan fingerprint density at radius 2 is 0.804 bits per heavy atom. The minimum Gasteiger partial charge on any atom is -0.503 e. The zero-order valence-electron chi connectivity index (χ0n) is 50.7. The molecule has 0 bridgehead atoms. The highest BCUT2D eigenvalue weighted by Gasteiger charge is 2.55. The number of anilines is 4. The SMILES string of the molecule is C.PPP(P(P)P)P(P(P)P)P(P(P(P(P)P)P(P)P)P(P(P)P)P(P)P)P(P(P(P)P)P(P)P)P(P(P)P)P(P)P.[C-]#[N+]c1ccc(Nc2ncnc(-c3ccc(C)cc3)c2O)cc1F.[C-]#[N+]c1ccc(Nc2ncnc(-c3ccc(C)cc3)c2OCc2ccccc2)cc1F. The van der Waals surface area contributed by atoms with Crippen LogP contribution in [0.15, 0.2) is 128 Å². The fourth-order valence-electron chi connectivity index (χ4n) is 7.60. The van der Waals surface area contributed by atoms with Crippen LogP contribution in [0.1, 0.15) is 24.1 Å². The van der Waals surface area contributed by atoms with Gasteiger partial charge in [0.2, 0.25) is 11.4 Å². The van der Waals surface area contributed by atoms with Crippen LogP contribution in [0.5, 0.6) is 11.5 Å². The molecule has 0 aliphatic heterocycles. The van der Waals surface area contributed by atoms with Gasteiger partial charge in [0.15, 0.2) is 23.1 Å². The summed E-state index contributed by atoms with van der Waals surface area (Å²) in [4.78, 5) is 23.1. The molecule has 0 aliphatic rings. The van der Waals surface area contributed by atoms with Crippen molar-refractivity contribution in [2.24, 2.45) is 0 Å². The van der Waals surface area contributed by atoms with Crippen LogP contribution in [0, 0.1) is 38.6 Å². The Morgan fingerprint density at radius 1 is 0.454 bits per heavy atom. The predicted octanol–water partition coefficient (Wildman–Crippen LogP) is 35.5. The van der Waals surface area contributed by atoms with E-state index >= 15 is 0 Å². The Morgan fingerprint density at radius 3 is 1.15 bits per heavy atom. The number of ether oxygens (including phenoxy) is 1. The van der Waals surface area contributed by atoms with Crippen LogP contribution in [0.2, 0.25) is 0 Å². The van der Waals surface area contributed by atoms with Gasteiger partial charge in [-0.15, -0.1) is 187 Å². The normalized spacial score (nSPS) is 12.6. The summed E-state index contributed by atoms with van der Waals surface area (Å²) in [5.74, 6) is -0.324. The van der Waals surface area contributed by atoms with E-state index in [1.54, 1.807) is 12.1 Å². The summed E-state index contributed by atoms with van der Waals surface area (Å²) in [5.41, 5.74) is 6.62. The van der Waals surface area contributed by atoms with Crippen molar-refractivity contribution in [3.05, 3.63) is 179 Å². The maximum absolute atomic E-state index is 14.1. The number of aromatic hydroxyl groups is 1. The van der Waals surface area contributed by atoms with Crippen molar-refractivity contribution in [3.8, 4) is 34.0 Å². The van der Waals surface area contributed by atoms with Gasteiger partial charge in [0.25, 0.3) is 0 Å². The fraction of sp³-hybridized carbons (Fsp3) is 0.0909. The van der Waals surface area contributed by atoms with Crippen LogP contribution in [-0.4, -0.2) is 25.0 Å². The molecule has 0 fully saturated rings. The maximum Gasteiger partial charge on any atom is 0.222 e. The lowest BCUT2D eigenvalue weighted by atomic mass is 10.1. The minimum absolute atomic E-state index is 0. The average molecular weight is 2060 g/mol. The standard InChI is InChI=1S/C25H19FN4O.C18H13FN4O.CH4.H43P41/c1-17-8-10-19(11-9-17)23-24(31-15-18-6-4-3-5-7-18)25(29-16-28-23)30-20-12-13-22(27-2)21(26)14-20;1-11-3-5-12(6-4-11)16-17(24)18(22-10-21-16)23-13-7-8-15(20-2)14(19)9-13;;1-22-33(23(2)3)38(32(20)21)41(39(34(24(4)5)25(6)7)35(26(8)9)27(10)11)40(36(28(12)13)29(14)15)37(30(16)17)31(18)19/h3-14,16H,15H2,1H3,(H,28,29,30);3-10,24H,1H3,(H,21,22,23);1H4;22H,1-21H2. The molecule has 2 heterocycles. The number of aromatic nitrogens is 4. The van der Waals surface area contributed by atoms with Gasteiger partial charge < -0.3 is 20.5 Å². The van der Waals surface area contributed by atoms with E-state index < -0.39 is 11.6 Å². The number of benzene rings is 5. The molecule has 2 aromatic heterocycles. The van der Waals surface area contributed by atoms with Crippen LogP contribution >= 0.6 is 328 Å². The van der Waals surface area contributed by atoms with Crippen molar-refractivity contribution in [2.75, 3.05) is 10.6 Å². The molecule has 0 saturated heterocycles. The molecular weight excluding hydrogens is 1980 g/mol. The predicted molar refractivity (Wildman–Crippen MR) is 559 cm³/mol. The molecule has 5 aromatic carbocycles. The summed E-state index contributed by atoms with van der Waals surface area (Å²) < 4.78 is 33.9. The summed E-state index contributed by atoms with van der Waals surface area (Å²) in [6.07, 6.45) is 2.76. The second kappa shape index (κ2) is 51.9. The van der Waals surface area contributed by atoms with Crippen molar-refractivity contribution >= 4 is 363 Å². The van der Waals surface area contributed by atoms with Gasteiger partial charge in [0, 0.05) is 22.5 Å². The number of halogens is 2. The Kier molecular flexibility index (Phi) is 53.1. The van der Waals surface area contributed by atoms with Gasteiger partial charge >= 0.3 is 0 Å². The lowest BCUT2D eigenvalue weighted by Gasteiger charge is -2.56. The molecule has 97 heavy (non-hydrogen) atoms. The minimum atomic E-state index is -0.637. The lowest BCUT2D eigenvalue weighted by Crippen LogP contribution is -2.04. The van der Waals surface area contributed by atoms with E-state index in [2.05, 4.69) is 228 Å². The first-order valence-corrected chi connectivity index (χ1v) is 100. The van der Waals surface area contributed by atoms with Gasteiger partial charge in [-0.2, -0.15) is 0 Å². The Balaban J connectivity index is 0.000000317. The van der Waals surface area contributed by atoms with Crippen LogP contribution in [0.3, 0.4) is 0 Å². The van der Waals surface area contributed by atoms with Gasteiger partial charge in [-0.05, 0) is 176 Å². The summed E-state index contributed by atoms with van der Waals surface area (Å²) in [6.45, 7) is 16.5. The molecule has 24 atom stereocenters. The van der Waals surface area contributed by atoms with Crippen molar-refractivity contribution in [3.63, 3.8) is 0 Å². The third-order valence-electron chi connectivity index (χ3n) is 11.6. The smallest absolute Gasteiger partial charge is 0.222 e. The summed E-state index contributed by atoms with van der Waals surface area (Å²) >= 11 is 0. The van der Waals surface area contributed by atoms with Crippen molar-refractivity contribution in [1.29, 1.82) is 0 Å². The fourth-order valence-corrected chi connectivity index (χ4v) is 573. The molecular formula is C44H79F2N8O2P41. The van der Waals surface area contributed by atoms with Crippen LogP contribution in [-0.2, 0) is 6.61 Å². The van der Waals surface area contributed by atoms with Gasteiger partial charge in [0.1, 0.15) is 42.3 Å². The maximum atomic E-state index is 14.1. The molecule has 7 aromatic rings. The van der Waals surface area contributed by atoms with Gasteiger partial charge in [-0.3, -0.25) is 0 Å². The Bertz CT molecular complexity index is 3540. The first-order chi connectivity index (χ1) is 45.4. The van der Waals surface area contributed by atoms with E-state index in [0.29, 0.717) is 40.9 Å². The second-order valence-corrected chi connectivity index (χ2v) is 184. The van der Waals surface area contributed by atoms with Gasteiger partial charge in [-0.1, -0.05) is 118 Å². The average Bonchev–Trinajstić information content (AvgIpc) is 0.749. The van der Waals surface area contributed by atoms with E-state index in [1.807, 2.05) is 92.7 Å². The molecule has 7 rings (SSSR count). The number of hydrogen-bond acceptors (Lipinski definition) is 8. The number of rotatable bonds is 28. The van der Waals surface area contributed by atoms with E-state index in [-0.39, 0.29) is 163 Å². The van der Waals surface area contributed by atoms with Crippen LogP contribution < -0.4 is 15.4 Å². The molecule has 0 radical (unpaired) electrons. The zero-order valence-corrected chi connectivity index (χ0v) is 93.0. The monoisotopic (exact) mass is 2060 g/mol. The third kappa shape index (κ3) is 31.4. The number of aryl methyl sites for hydroxylation is 2. The first kappa shape index (κ1) is 99.3. The Labute approximate surface area is 646 Å². The number of nitrogens with one attached hydrogen (secondary N) is 2. The van der Waals surface area contributed by atoms with E-state index in [4.69, 9.17) is 17.9 Å². The van der Waals surface area contributed by atoms with Gasteiger partial charge in [0.05, 0.1) is 13.1 Å². The molecule has 0 saturated carbocycles. The first-order valence-electron chi connectivity index (χ1n) is 26.1. The highest BCUT2D eigenvalue weighted by atomic mass is 33.5. The van der Waals surface area contributed by atoms with E-state index in [1.165, 1.54) is 36.9 Å². The molecule has 0 aliphatic carbocycles. The van der Waals surface area contributed by atoms with Crippen molar-refractivity contribution in [2.45, 2.75) is 27.9 Å². The summed E-state index contributed by atoms with van der Waals surface area (Å²) in [7, 11) is 72.4. The molecule has 526 valence electrons. The van der Waals surface area contributed by atoms with E-state index in [9.17, 15) is 13.9 Å². The van der Waals surface area contributed by atoms with E-state index in [0.717, 1.165) is 35.8 Å². The highest BCUT2D eigenvalue weighted by molar-refractivity contribution is 9.49. The second-order valence-electron chi connectivity index (χ2n) is 18.5. The molecule has 0 spiro atoms. The largest absolute Gasteiger partial charge is 0.503 e. The van der Waals surface area contributed by atoms with Crippen molar-refractivity contribution < 1.29 is 18.6 Å². The number of nitrogens with zero attached hydrogens (tertiary/aromatic N) is 6. The third-order valence-corrected chi connectivity index (χ3v) is 290. The number of hydrogen-bond donors (Lipinski definition) is 3. The molecule has 53 heteroatoms. The molecule has 24 unspecified atom stereocenters. The summed E-state index contributed by atoms with van der Waals surface area (Å²) in [6, 6.07) is 33.7. The highest BCUT2D eigenvalue weighted by Crippen LogP contribution is 3.43. The zero-order chi connectivity index (χ0) is 71.4. The van der Waals surface area contributed by atoms with Crippen LogP contribution in [0.4, 0.5) is 43.2 Å². The Hall–Kier alpha value is 9.93. The molecule has 3 N–H and O–H groups in total. The van der Waals surface area contributed by atoms with Gasteiger partial charge in [-0.25, -0.2) is 38.4 Å². The van der Waals surface area contributed by atoms with Crippen LogP contribution in [0.25, 0.3) is 32.2 Å². The quantitative estimate of drug-likeness (QED) is 0.0328. The molecule has 0 amide bonds. The summed E-state index contributed by atoms with van der Waals surface area (Å²) in [5, 5.41) is 16.4. The van der Waals surface area contributed by atoms with Crippen molar-refractivity contribution in [1.82, 2.24) is 19.9 Å². The lowest BCUT2D eigenvalue weighted by molar-refractivity contribution is 0.307. The topological polar surface area (TPSA) is 114 Å². The molecule has 10 nitrogen and oxygen atoms in total.